The minimum Gasteiger partial charge on any atom is -0.360 e. The Labute approximate surface area is 158 Å². The van der Waals surface area contributed by atoms with Gasteiger partial charge < -0.3 is 15.4 Å². The number of nitrogens with zero attached hydrogens (tertiary/aromatic N) is 1. The second-order valence-corrected chi connectivity index (χ2v) is 8.43. The maximum absolute atomic E-state index is 13.5. The third-order valence-electron chi connectivity index (χ3n) is 3.95. The minimum atomic E-state index is -3.95. The third-order valence-corrected chi connectivity index (χ3v) is 5.84. The van der Waals surface area contributed by atoms with Crippen LogP contribution in [0.15, 0.2) is 23.1 Å². The van der Waals surface area contributed by atoms with E-state index < -0.39 is 33.9 Å². The fourth-order valence-corrected chi connectivity index (χ4v) is 4.25. The van der Waals surface area contributed by atoms with Crippen LogP contribution in [-0.2, 0) is 24.3 Å². The zero-order valence-corrected chi connectivity index (χ0v) is 16.3. The molecule has 1 aliphatic heterocycles. The van der Waals surface area contributed by atoms with Gasteiger partial charge in [0.1, 0.15) is 12.0 Å². The highest BCUT2D eigenvalue weighted by Gasteiger charge is 2.35. The van der Waals surface area contributed by atoms with E-state index in [1.807, 2.05) is 0 Å². The van der Waals surface area contributed by atoms with Crippen LogP contribution in [0.5, 0.6) is 0 Å². The average molecular weight is 401 g/mol. The maximum Gasteiger partial charge on any atom is 0.309 e. The molecule has 150 valence electrons. The summed E-state index contributed by atoms with van der Waals surface area (Å²) in [5.41, 5.74) is 0.212. The van der Waals surface area contributed by atoms with Crippen molar-refractivity contribution in [3.8, 4) is 0 Å². The molecule has 2 rings (SSSR count). The van der Waals surface area contributed by atoms with Gasteiger partial charge in [-0.3, -0.25) is 9.59 Å². The van der Waals surface area contributed by atoms with Gasteiger partial charge in [0.15, 0.2) is 0 Å². The van der Waals surface area contributed by atoms with Gasteiger partial charge in [0.25, 0.3) is 0 Å². The number of hydrogen-bond acceptors (Lipinski definition) is 5. The van der Waals surface area contributed by atoms with Crippen LogP contribution in [0.4, 0.5) is 4.39 Å². The number of aryl methyl sites for hydroxylation is 1. The Morgan fingerprint density at radius 2 is 2.04 bits per heavy atom. The Kier molecular flexibility index (Phi) is 6.90. The minimum absolute atomic E-state index is 0.0548. The van der Waals surface area contributed by atoms with Crippen molar-refractivity contribution in [3.05, 3.63) is 29.6 Å². The van der Waals surface area contributed by atoms with Crippen molar-refractivity contribution in [1.29, 1.82) is 0 Å². The first kappa shape index (κ1) is 21.3. The summed E-state index contributed by atoms with van der Waals surface area (Å²) in [5, 5.41) is 4.84. The summed E-state index contributed by atoms with van der Waals surface area (Å²) in [5.74, 6) is -2.17. The lowest BCUT2D eigenvalue weighted by Crippen LogP contribution is -2.53. The zero-order valence-electron chi connectivity index (χ0n) is 15.5. The van der Waals surface area contributed by atoms with Crippen molar-refractivity contribution < 1.29 is 27.1 Å². The van der Waals surface area contributed by atoms with E-state index in [0.29, 0.717) is 13.0 Å². The molecular weight excluding hydrogens is 377 g/mol. The van der Waals surface area contributed by atoms with E-state index in [2.05, 4.69) is 10.6 Å². The molecular formula is C17H24FN3O5S. The molecule has 0 saturated carbocycles. The molecule has 2 N–H and O–H groups in total. The standard InChI is InChI=1S/C17H24FN3O5S/c1-11(2)20-17(23)16(22)19-10-15-21(7-4-8-26-15)27(24,25)13-5-6-14(18)12(3)9-13/h5-6,9,11,15H,4,7-8,10H2,1-3H3,(H,19,22)(H,20,23)/t15-/m0/s1. The monoisotopic (exact) mass is 401 g/mol. The molecule has 8 nitrogen and oxygen atoms in total. The molecule has 0 aromatic heterocycles. The molecule has 0 radical (unpaired) electrons. The van der Waals surface area contributed by atoms with Gasteiger partial charge in [-0.15, -0.1) is 0 Å². The van der Waals surface area contributed by atoms with E-state index in [9.17, 15) is 22.4 Å². The molecule has 1 heterocycles. The Balaban J connectivity index is 2.13. The van der Waals surface area contributed by atoms with Gasteiger partial charge in [-0.1, -0.05) is 0 Å². The number of nitrogens with one attached hydrogen (secondary N) is 2. The molecule has 0 unspecified atom stereocenters. The van der Waals surface area contributed by atoms with E-state index in [1.54, 1.807) is 13.8 Å². The quantitative estimate of drug-likeness (QED) is 0.700. The van der Waals surface area contributed by atoms with Crippen molar-refractivity contribution >= 4 is 21.8 Å². The Bertz CT molecular complexity index is 813. The molecule has 1 saturated heterocycles. The molecule has 0 bridgehead atoms. The summed E-state index contributed by atoms with van der Waals surface area (Å²) < 4.78 is 45.9. The molecule has 1 aliphatic rings. The molecule has 10 heteroatoms. The number of amides is 2. The second kappa shape index (κ2) is 8.77. The lowest BCUT2D eigenvalue weighted by atomic mass is 10.2. The number of carbonyl (C=O) groups excluding carboxylic acids is 2. The number of carbonyl (C=O) groups is 2. The fourth-order valence-electron chi connectivity index (χ4n) is 2.60. The summed E-state index contributed by atoms with van der Waals surface area (Å²) in [4.78, 5) is 23.5. The highest BCUT2D eigenvalue weighted by Crippen LogP contribution is 2.23. The van der Waals surface area contributed by atoms with Gasteiger partial charge >= 0.3 is 11.8 Å². The van der Waals surface area contributed by atoms with Crippen molar-refractivity contribution in [2.75, 3.05) is 19.7 Å². The van der Waals surface area contributed by atoms with E-state index in [-0.39, 0.29) is 29.6 Å². The summed E-state index contributed by atoms with van der Waals surface area (Å²) in [7, 11) is -3.95. The van der Waals surface area contributed by atoms with Gasteiger partial charge in [-0.25, -0.2) is 12.8 Å². The van der Waals surface area contributed by atoms with E-state index in [0.717, 1.165) is 10.4 Å². The predicted molar refractivity (Wildman–Crippen MR) is 95.7 cm³/mol. The topological polar surface area (TPSA) is 105 Å². The number of halogens is 1. The second-order valence-electron chi connectivity index (χ2n) is 6.54. The average Bonchev–Trinajstić information content (AvgIpc) is 2.61. The van der Waals surface area contributed by atoms with Crippen LogP contribution in [-0.4, -0.2) is 56.5 Å². The van der Waals surface area contributed by atoms with Gasteiger partial charge in [0.05, 0.1) is 18.0 Å². The highest BCUT2D eigenvalue weighted by atomic mass is 32.2. The lowest BCUT2D eigenvalue weighted by Gasteiger charge is -2.34. The Morgan fingerprint density at radius 3 is 2.67 bits per heavy atom. The molecule has 27 heavy (non-hydrogen) atoms. The fraction of sp³-hybridized carbons (Fsp3) is 0.529. The number of sulfonamides is 1. The predicted octanol–water partition coefficient (Wildman–Crippen LogP) is 0.512. The number of ether oxygens (including phenoxy) is 1. The van der Waals surface area contributed by atoms with Gasteiger partial charge in [0.2, 0.25) is 10.0 Å². The van der Waals surface area contributed by atoms with Crippen LogP contribution in [0.25, 0.3) is 0 Å². The molecule has 1 aromatic rings. The first-order valence-corrected chi connectivity index (χ1v) is 10.0. The van der Waals surface area contributed by atoms with E-state index in [4.69, 9.17) is 4.74 Å². The van der Waals surface area contributed by atoms with Gasteiger partial charge in [-0.05, 0) is 51.0 Å². The Morgan fingerprint density at radius 1 is 1.33 bits per heavy atom. The van der Waals surface area contributed by atoms with Crippen molar-refractivity contribution in [2.24, 2.45) is 0 Å². The number of rotatable bonds is 5. The smallest absolute Gasteiger partial charge is 0.309 e. The normalized spacial score (nSPS) is 18.3. The summed E-state index contributed by atoms with van der Waals surface area (Å²) in [6.07, 6.45) is -0.470. The molecule has 2 amide bonds. The first-order valence-electron chi connectivity index (χ1n) is 8.61. The molecule has 1 aromatic carbocycles. The number of hydrogen-bond donors (Lipinski definition) is 2. The first-order chi connectivity index (χ1) is 12.6. The van der Waals surface area contributed by atoms with Crippen LogP contribution in [0.1, 0.15) is 25.8 Å². The maximum atomic E-state index is 13.5. The summed E-state index contributed by atoms with van der Waals surface area (Å²) >= 11 is 0. The SMILES string of the molecule is Cc1cc(S(=O)(=O)N2CCCO[C@H]2CNC(=O)C(=O)NC(C)C)ccc1F. The van der Waals surface area contributed by atoms with Crippen molar-refractivity contribution in [2.45, 2.75) is 44.4 Å². The largest absolute Gasteiger partial charge is 0.360 e. The molecule has 1 fully saturated rings. The van der Waals surface area contributed by atoms with Crippen LogP contribution in [0.3, 0.4) is 0 Å². The highest BCUT2D eigenvalue weighted by molar-refractivity contribution is 7.89. The van der Waals surface area contributed by atoms with Crippen LogP contribution < -0.4 is 10.6 Å². The third kappa shape index (κ3) is 5.24. The number of benzene rings is 1. The summed E-state index contributed by atoms with van der Waals surface area (Å²) in [6.45, 7) is 5.25. The molecule has 0 aliphatic carbocycles. The van der Waals surface area contributed by atoms with Gasteiger partial charge in [-0.2, -0.15) is 4.31 Å². The zero-order chi connectivity index (χ0) is 20.2. The Hall–Kier alpha value is -2.04. The van der Waals surface area contributed by atoms with Crippen LogP contribution >= 0.6 is 0 Å². The molecule has 1 atom stereocenters. The molecule has 0 spiro atoms. The summed E-state index contributed by atoms with van der Waals surface area (Å²) in [6, 6.07) is 3.34. The van der Waals surface area contributed by atoms with E-state index >= 15 is 0 Å². The van der Waals surface area contributed by atoms with Crippen molar-refractivity contribution in [1.82, 2.24) is 14.9 Å². The van der Waals surface area contributed by atoms with Crippen LogP contribution in [0, 0.1) is 12.7 Å². The van der Waals surface area contributed by atoms with Crippen molar-refractivity contribution in [3.63, 3.8) is 0 Å². The van der Waals surface area contributed by atoms with E-state index in [1.165, 1.54) is 19.1 Å². The van der Waals surface area contributed by atoms with Gasteiger partial charge in [0, 0.05) is 12.6 Å². The van der Waals surface area contributed by atoms with Crippen LogP contribution in [0.2, 0.25) is 0 Å². The lowest BCUT2D eigenvalue weighted by molar-refractivity contribution is -0.140.